The second-order valence-corrected chi connectivity index (χ2v) is 4.77. The molecule has 0 N–H and O–H groups in total. The number of carbonyl (C=O) groups excluding carboxylic acids is 2. The van der Waals surface area contributed by atoms with Crippen LogP contribution in [0.4, 0.5) is 0 Å². The molecule has 0 amide bonds. The van der Waals surface area contributed by atoms with Gasteiger partial charge in [0, 0.05) is 5.92 Å². The van der Waals surface area contributed by atoms with Gasteiger partial charge in [0.05, 0.1) is 7.11 Å². The van der Waals surface area contributed by atoms with Crippen molar-refractivity contribution in [2.45, 2.75) is 44.9 Å². The molecule has 0 saturated heterocycles. The monoisotopic (exact) mass is 210 g/mol. The predicted octanol–water partition coefficient (Wildman–Crippen LogP) is 2.09. The van der Waals surface area contributed by atoms with Gasteiger partial charge in [-0.2, -0.15) is 0 Å². The minimum atomic E-state index is -0.725. The highest BCUT2D eigenvalue weighted by molar-refractivity contribution is 6.07. The number of rotatable bonds is 3. The van der Waals surface area contributed by atoms with Crippen LogP contribution in [-0.2, 0) is 14.3 Å². The van der Waals surface area contributed by atoms with Crippen LogP contribution in [0.25, 0.3) is 0 Å². The Bertz CT molecular complexity index is 273. The van der Waals surface area contributed by atoms with Crippen molar-refractivity contribution < 1.29 is 14.3 Å². The molecular formula is C12H18O3. The average molecular weight is 210 g/mol. The van der Waals surface area contributed by atoms with Crippen LogP contribution in [0.5, 0.6) is 0 Å². The van der Waals surface area contributed by atoms with Crippen molar-refractivity contribution in [3.05, 3.63) is 0 Å². The van der Waals surface area contributed by atoms with Crippen molar-refractivity contribution in [3.8, 4) is 0 Å². The molecule has 0 aromatic rings. The van der Waals surface area contributed by atoms with Gasteiger partial charge in [-0.05, 0) is 25.7 Å². The summed E-state index contributed by atoms with van der Waals surface area (Å²) in [7, 11) is 1.37. The first kappa shape index (κ1) is 10.7. The molecule has 0 aliphatic heterocycles. The zero-order chi connectivity index (χ0) is 10.9. The van der Waals surface area contributed by atoms with Crippen LogP contribution in [0.3, 0.4) is 0 Å². The number of esters is 1. The summed E-state index contributed by atoms with van der Waals surface area (Å²) in [5, 5.41) is 0. The van der Waals surface area contributed by atoms with Gasteiger partial charge >= 0.3 is 5.97 Å². The zero-order valence-electron chi connectivity index (χ0n) is 9.25. The fourth-order valence-electron chi connectivity index (χ4n) is 2.63. The summed E-state index contributed by atoms with van der Waals surface area (Å²) in [4.78, 5) is 23.7. The summed E-state index contributed by atoms with van der Waals surface area (Å²) < 4.78 is 4.73. The van der Waals surface area contributed by atoms with Gasteiger partial charge in [-0.25, -0.2) is 0 Å². The lowest BCUT2D eigenvalue weighted by Crippen LogP contribution is -2.33. The minimum Gasteiger partial charge on any atom is -0.468 e. The molecule has 2 saturated carbocycles. The van der Waals surface area contributed by atoms with E-state index in [4.69, 9.17) is 4.74 Å². The van der Waals surface area contributed by atoms with Crippen molar-refractivity contribution in [1.29, 1.82) is 0 Å². The lowest BCUT2D eigenvalue weighted by molar-refractivity contribution is -0.153. The molecule has 0 heterocycles. The van der Waals surface area contributed by atoms with Gasteiger partial charge in [0.25, 0.3) is 0 Å². The number of carbonyl (C=O) groups is 2. The highest BCUT2D eigenvalue weighted by Crippen LogP contribution is 2.50. The van der Waals surface area contributed by atoms with E-state index in [0.29, 0.717) is 12.8 Å². The van der Waals surface area contributed by atoms with Crippen molar-refractivity contribution in [2.24, 2.45) is 11.3 Å². The molecule has 0 atom stereocenters. The standard InChI is InChI=1S/C12H18O3/c1-15-11(14)12(7-8-12)10(13)9-5-3-2-4-6-9/h9H,2-8H2,1H3. The summed E-state index contributed by atoms with van der Waals surface area (Å²) >= 11 is 0. The Kier molecular flexibility index (Phi) is 2.81. The highest BCUT2D eigenvalue weighted by Gasteiger charge is 2.58. The molecule has 2 aliphatic rings. The molecule has 2 fully saturated rings. The van der Waals surface area contributed by atoms with Crippen molar-refractivity contribution >= 4 is 11.8 Å². The predicted molar refractivity (Wildman–Crippen MR) is 55.3 cm³/mol. The lowest BCUT2D eigenvalue weighted by Gasteiger charge is -2.23. The van der Waals surface area contributed by atoms with E-state index in [0.717, 1.165) is 25.7 Å². The van der Waals surface area contributed by atoms with Crippen molar-refractivity contribution in [1.82, 2.24) is 0 Å². The van der Waals surface area contributed by atoms with Gasteiger partial charge in [0.2, 0.25) is 0 Å². The number of methoxy groups -OCH3 is 1. The molecule has 0 spiro atoms. The van der Waals surface area contributed by atoms with Gasteiger partial charge in [0.15, 0.2) is 5.78 Å². The smallest absolute Gasteiger partial charge is 0.319 e. The van der Waals surface area contributed by atoms with Crippen LogP contribution in [-0.4, -0.2) is 18.9 Å². The van der Waals surface area contributed by atoms with Crippen LogP contribution in [0.2, 0.25) is 0 Å². The molecule has 3 heteroatoms. The molecule has 0 radical (unpaired) electrons. The average Bonchev–Trinajstić information content (AvgIpc) is 3.09. The van der Waals surface area contributed by atoms with E-state index in [2.05, 4.69) is 0 Å². The summed E-state index contributed by atoms with van der Waals surface area (Å²) in [6.07, 6.45) is 6.84. The summed E-state index contributed by atoms with van der Waals surface area (Å²) in [5.74, 6) is -0.0209. The van der Waals surface area contributed by atoms with E-state index in [1.54, 1.807) is 0 Å². The third-order valence-electron chi connectivity index (χ3n) is 3.77. The van der Waals surface area contributed by atoms with E-state index in [1.807, 2.05) is 0 Å². The number of Topliss-reactive ketones (excluding diaryl/α,β-unsaturated/α-hetero) is 1. The Morgan fingerprint density at radius 3 is 2.20 bits per heavy atom. The topological polar surface area (TPSA) is 43.4 Å². The van der Waals surface area contributed by atoms with Gasteiger partial charge < -0.3 is 4.74 Å². The molecule has 2 aliphatic carbocycles. The SMILES string of the molecule is COC(=O)C1(C(=O)C2CCCCC2)CC1. The zero-order valence-corrected chi connectivity index (χ0v) is 9.25. The fraction of sp³-hybridized carbons (Fsp3) is 0.833. The normalized spacial score (nSPS) is 24.6. The largest absolute Gasteiger partial charge is 0.468 e. The van der Waals surface area contributed by atoms with E-state index >= 15 is 0 Å². The minimum absolute atomic E-state index is 0.125. The second kappa shape index (κ2) is 3.95. The Balaban J connectivity index is 2.03. The molecular weight excluding hydrogens is 192 g/mol. The third kappa shape index (κ3) is 1.80. The number of ketones is 1. The molecule has 84 valence electrons. The summed E-state index contributed by atoms with van der Waals surface area (Å²) in [6.45, 7) is 0. The summed E-state index contributed by atoms with van der Waals surface area (Å²) in [5.41, 5.74) is -0.725. The first-order valence-corrected chi connectivity index (χ1v) is 5.83. The fourth-order valence-corrected chi connectivity index (χ4v) is 2.63. The van der Waals surface area contributed by atoms with Crippen LogP contribution in [0.1, 0.15) is 44.9 Å². The summed E-state index contributed by atoms with van der Waals surface area (Å²) in [6, 6.07) is 0. The van der Waals surface area contributed by atoms with Crippen LogP contribution in [0.15, 0.2) is 0 Å². The van der Waals surface area contributed by atoms with Crippen molar-refractivity contribution in [3.63, 3.8) is 0 Å². The quantitative estimate of drug-likeness (QED) is 0.529. The first-order chi connectivity index (χ1) is 7.20. The maximum absolute atomic E-state index is 12.2. The molecule has 3 nitrogen and oxygen atoms in total. The Morgan fingerprint density at radius 2 is 1.73 bits per heavy atom. The molecule has 2 rings (SSSR count). The Morgan fingerprint density at radius 1 is 1.13 bits per heavy atom. The number of ether oxygens (including phenoxy) is 1. The Hall–Kier alpha value is -0.860. The Labute approximate surface area is 90.2 Å². The highest BCUT2D eigenvalue weighted by atomic mass is 16.5. The van der Waals surface area contributed by atoms with E-state index in [9.17, 15) is 9.59 Å². The molecule has 0 bridgehead atoms. The molecule has 0 aromatic carbocycles. The van der Waals surface area contributed by atoms with E-state index in [-0.39, 0.29) is 17.7 Å². The molecule has 0 unspecified atom stereocenters. The van der Waals surface area contributed by atoms with Gasteiger partial charge in [-0.3, -0.25) is 9.59 Å². The third-order valence-corrected chi connectivity index (χ3v) is 3.77. The van der Waals surface area contributed by atoms with Gasteiger partial charge in [-0.15, -0.1) is 0 Å². The lowest BCUT2D eigenvalue weighted by atomic mass is 9.80. The van der Waals surface area contributed by atoms with Gasteiger partial charge in [0.1, 0.15) is 5.41 Å². The van der Waals surface area contributed by atoms with Crippen LogP contribution in [0, 0.1) is 11.3 Å². The second-order valence-electron chi connectivity index (χ2n) is 4.77. The first-order valence-electron chi connectivity index (χ1n) is 5.83. The maximum atomic E-state index is 12.2. The van der Waals surface area contributed by atoms with E-state index in [1.165, 1.54) is 13.5 Å². The maximum Gasteiger partial charge on any atom is 0.319 e. The number of hydrogen-bond donors (Lipinski definition) is 0. The molecule has 15 heavy (non-hydrogen) atoms. The number of hydrogen-bond acceptors (Lipinski definition) is 3. The van der Waals surface area contributed by atoms with Crippen LogP contribution >= 0.6 is 0 Å². The van der Waals surface area contributed by atoms with E-state index < -0.39 is 5.41 Å². The molecule has 0 aromatic heterocycles. The van der Waals surface area contributed by atoms with Crippen LogP contribution < -0.4 is 0 Å². The van der Waals surface area contributed by atoms with Crippen molar-refractivity contribution in [2.75, 3.05) is 7.11 Å². The van der Waals surface area contributed by atoms with Gasteiger partial charge in [-0.1, -0.05) is 19.3 Å².